The molecule has 1 N–H and O–H groups in total. The first-order chi connectivity index (χ1) is 13.1. The highest BCUT2D eigenvalue weighted by atomic mass is 16.5. The lowest BCUT2D eigenvalue weighted by atomic mass is 9.99. The van der Waals surface area contributed by atoms with Crippen molar-refractivity contribution in [3.8, 4) is 0 Å². The average molecular weight is 373 g/mol. The predicted molar refractivity (Wildman–Crippen MR) is 107 cm³/mol. The van der Waals surface area contributed by atoms with Crippen LogP contribution in [0, 0.1) is 11.8 Å². The maximum Gasteiger partial charge on any atom is 0.227 e. The van der Waals surface area contributed by atoms with Crippen LogP contribution in [0.25, 0.3) is 0 Å². The second-order valence-electron chi connectivity index (χ2n) is 7.73. The molecule has 0 saturated carbocycles. The Labute approximate surface area is 161 Å². The van der Waals surface area contributed by atoms with E-state index < -0.39 is 0 Å². The van der Waals surface area contributed by atoms with Crippen molar-refractivity contribution in [2.24, 2.45) is 11.8 Å². The Bertz CT molecular complexity index is 639. The molecular formula is C21H31N3O3. The minimum atomic E-state index is -0.275. The Morgan fingerprint density at radius 1 is 1.19 bits per heavy atom. The molecule has 0 bridgehead atoms. The molecule has 6 heteroatoms. The van der Waals surface area contributed by atoms with Gasteiger partial charge in [0.05, 0.1) is 5.92 Å². The molecule has 0 spiro atoms. The summed E-state index contributed by atoms with van der Waals surface area (Å²) in [6.07, 6.45) is 3.52. The van der Waals surface area contributed by atoms with E-state index in [1.807, 2.05) is 12.1 Å². The number of amides is 2. The SMILES string of the molecule is COCCCNC(=O)C1CC(=O)N(c2ccc(N3CCC(C)CC3)cc2)C1. The summed E-state index contributed by atoms with van der Waals surface area (Å²) >= 11 is 0. The van der Waals surface area contributed by atoms with Crippen molar-refractivity contribution in [3.63, 3.8) is 0 Å². The predicted octanol–water partition coefficient (Wildman–Crippen LogP) is 2.43. The maximum absolute atomic E-state index is 12.4. The average Bonchev–Trinajstić information content (AvgIpc) is 3.08. The number of nitrogens with zero attached hydrogens (tertiary/aromatic N) is 2. The molecule has 0 aromatic heterocycles. The van der Waals surface area contributed by atoms with E-state index in [4.69, 9.17) is 4.74 Å². The third kappa shape index (κ3) is 5.01. The third-order valence-corrected chi connectivity index (χ3v) is 5.63. The Morgan fingerprint density at radius 3 is 2.52 bits per heavy atom. The van der Waals surface area contributed by atoms with Crippen LogP contribution in [0.4, 0.5) is 11.4 Å². The fraction of sp³-hybridized carbons (Fsp3) is 0.619. The monoisotopic (exact) mass is 373 g/mol. The van der Waals surface area contributed by atoms with E-state index in [-0.39, 0.29) is 24.2 Å². The summed E-state index contributed by atoms with van der Waals surface area (Å²) in [4.78, 5) is 28.8. The number of piperidine rings is 1. The van der Waals surface area contributed by atoms with Gasteiger partial charge in [-0.15, -0.1) is 0 Å². The highest BCUT2D eigenvalue weighted by molar-refractivity contribution is 6.00. The van der Waals surface area contributed by atoms with Crippen LogP contribution in [0.1, 0.15) is 32.6 Å². The number of hydrogen-bond donors (Lipinski definition) is 1. The quantitative estimate of drug-likeness (QED) is 0.746. The van der Waals surface area contributed by atoms with Crippen molar-refractivity contribution >= 4 is 23.2 Å². The van der Waals surface area contributed by atoms with Crippen molar-refractivity contribution in [1.29, 1.82) is 0 Å². The van der Waals surface area contributed by atoms with E-state index in [9.17, 15) is 9.59 Å². The van der Waals surface area contributed by atoms with Gasteiger partial charge in [0.15, 0.2) is 0 Å². The van der Waals surface area contributed by atoms with Gasteiger partial charge in [-0.05, 0) is 49.4 Å². The molecule has 27 heavy (non-hydrogen) atoms. The summed E-state index contributed by atoms with van der Waals surface area (Å²) in [5.41, 5.74) is 2.09. The molecular weight excluding hydrogens is 342 g/mol. The van der Waals surface area contributed by atoms with E-state index in [0.29, 0.717) is 19.7 Å². The van der Waals surface area contributed by atoms with E-state index in [2.05, 4.69) is 29.3 Å². The van der Waals surface area contributed by atoms with Crippen LogP contribution < -0.4 is 15.1 Å². The number of anilines is 2. The zero-order valence-corrected chi connectivity index (χ0v) is 16.4. The number of hydrogen-bond acceptors (Lipinski definition) is 4. The highest BCUT2D eigenvalue weighted by Gasteiger charge is 2.35. The van der Waals surface area contributed by atoms with Gasteiger partial charge in [0.2, 0.25) is 11.8 Å². The van der Waals surface area contributed by atoms with Crippen molar-refractivity contribution in [3.05, 3.63) is 24.3 Å². The van der Waals surface area contributed by atoms with Gasteiger partial charge in [-0.2, -0.15) is 0 Å². The lowest BCUT2D eigenvalue weighted by Crippen LogP contribution is -2.34. The van der Waals surface area contributed by atoms with Crippen LogP contribution in [0.3, 0.4) is 0 Å². The zero-order valence-electron chi connectivity index (χ0n) is 16.4. The van der Waals surface area contributed by atoms with Crippen molar-refractivity contribution < 1.29 is 14.3 Å². The lowest BCUT2D eigenvalue weighted by molar-refractivity contribution is -0.126. The Balaban J connectivity index is 1.55. The van der Waals surface area contributed by atoms with Gasteiger partial charge in [0, 0.05) is 57.7 Å². The summed E-state index contributed by atoms with van der Waals surface area (Å²) in [5.74, 6) is 0.510. The molecule has 2 saturated heterocycles. The Kier molecular flexibility index (Phi) is 6.72. The van der Waals surface area contributed by atoms with E-state index in [1.165, 1.54) is 18.5 Å². The summed E-state index contributed by atoms with van der Waals surface area (Å²) < 4.78 is 4.98. The van der Waals surface area contributed by atoms with Gasteiger partial charge < -0.3 is 19.9 Å². The molecule has 2 heterocycles. The first-order valence-corrected chi connectivity index (χ1v) is 10.0. The fourth-order valence-corrected chi connectivity index (χ4v) is 3.82. The van der Waals surface area contributed by atoms with Gasteiger partial charge in [-0.3, -0.25) is 9.59 Å². The number of methoxy groups -OCH3 is 1. The van der Waals surface area contributed by atoms with E-state index in [1.54, 1.807) is 12.0 Å². The molecule has 2 aliphatic heterocycles. The molecule has 2 aliphatic rings. The van der Waals surface area contributed by atoms with Crippen LogP contribution in [-0.2, 0) is 14.3 Å². The van der Waals surface area contributed by atoms with Gasteiger partial charge >= 0.3 is 0 Å². The highest BCUT2D eigenvalue weighted by Crippen LogP contribution is 2.29. The minimum absolute atomic E-state index is 0.0200. The van der Waals surface area contributed by atoms with Crippen molar-refractivity contribution in [2.75, 3.05) is 49.7 Å². The molecule has 1 aromatic rings. The largest absolute Gasteiger partial charge is 0.385 e. The van der Waals surface area contributed by atoms with E-state index in [0.717, 1.165) is 31.1 Å². The van der Waals surface area contributed by atoms with Crippen LogP contribution in [0.5, 0.6) is 0 Å². The number of rotatable bonds is 7. The second kappa shape index (κ2) is 9.22. The second-order valence-corrected chi connectivity index (χ2v) is 7.73. The van der Waals surface area contributed by atoms with Gasteiger partial charge in [-0.25, -0.2) is 0 Å². The standard InChI is InChI=1S/C21H31N3O3/c1-16-8-11-23(12-9-16)18-4-6-19(7-5-18)24-15-17(14-20(24)25)21(26)22-10-3-13-27-2/h4-7,16-17H,3,8-15H2,1-2H3,(H,22,26). The van der Waals surface area contributed by atoms with Crippen LogP contribution in [0.15, 0.2) is 24.3 Å². The summed E-state index contributed by atoms with van der Waals surface area (Å²) in [5, 5.41) is 2.90. The Hall–Kier alpha value is -2.08. The summed E-state index contributed by atoms with van der Waals surface area (Å²) in [6.45, 7) is 6.15. The zero-order chi connectivity index (χ0) is 19.2. The molecule has 3 rings (SSSR count). The number of benzene rings is 1. The first kappa shape index (κ1) is 19.7. The molecule has 0 radical (unpaired) electrons. The minimum Gasteiger partial charge on any atom is -0.385 e. The number of ether oxygens (including phenoxy) is 1. The number of carbonyl (C=O) groups is 2. The smallest absolute Gasteiger partial charge is 0.227 e. The molecule has 1 unspecified atom stereocenters. The molecule has 2 fully saturated rings. The van der Waals surface area contributed by atoms with Crippen LogP contribution >= 0.6 is 0 Å². The fourth-order valence-electron chi connectivity index (χ4n) is 3.82. The normalized spacial score (nSPS) is 21.0. The van der Waals surface area contributed by atoms with Gasteiger partial charge in [0.1, 0.15) is 0 Å². The summed E-state index contributed by atoms with van der Waals surface area (Å²) in [6, 6.07) is 8.20. The third-order valence-electron chi connectivity index (χ3n) is 5.63. The van der Waals surface area contributed by atoms with Crippen molar-refractivity contribution in [1.82, 2.24) is 5.32 Å². The molecule has 0 aliphatic carbocycles. The molecule has 148 valence electrons. The number of carbonyl (C=O) groups excluding carboxylic acids is 2. The van der Waals surface area contributed by atoms with Crippen LogP contribution in [-0.4, -0.2) is 51.7 Å². The molecule has 1 aromatic carbocycles. The van der Waals surface area contributed by atoms with Gasteiger partial charge in [0.25, 0.3) is 0 Å². The molecule has 2 amide bonds. The lowest BCUT2D eigenvalue weighted by Gasteiger charge is -2.32. The van der Waals surface area contributed by atoms with Crippen LogP contribution in [0.2, 0.25) is 0 Å². The Morgan fingerprint density at radius 2 is 1.85 bits per heavy atom. The van der Waals surface area contributed by atoms with E-state index >= 15 is 0 Å². The van der Waals surface area contributed by atoms with Crippen molar-refractivity contribution in [2.45, 2.75) is 32.6 Å². The molecule has 1 atom stereocenters. The summed E-state index contributed by atoms with van der Waals surface area (Å²) in [7, 11) is 1.65. The maximum atomic E-state index is 12.4. The molecule has 6 nitrogen and oxygen atoms in total. The first-order valence-electron chi connectivity index (χ1n) is 10.0. The number of nitrogens with one attached hydrogen (secondary N) is 1. The topological polar surface area (TPSA) is 61.9 Å². The van der Waals surface area contributed by atoms with Gasteiger partial charge in [-0.1, -0.05) is 6.92 Å².